The zero-order valence-corrected chi connectivity index (χ0v) is 18.9. The summed E-state index contributed by atoms with van der Waals surface area (Å²) >= 11 is 9.96. The molecule has 1 aliphatic heterocycles. The van der Waals surface area contributed by atoms with E-state index in [1.165, 1.54) is 19.4 Å². The standard InChI is InChI=1S/C22H28BrClN2O2/c1-3-26-12-6-8-17(26)13-25-14-18-19(23)10-11-21(27-2)22(18)28-15-16-7-4-5-9-20(16)24/h4-5,7,9-11,17,25H,3,6,8,12-15H2,1-2H3. The lowest BCUT2D eigenvalue weighted by molar-refractivity contribution is 0.258. The summed E-state index contributed by atoms with van der Waals surface area (Å²) < 4.78 is 12.7. The van der Waals surface area contributed by atoms with Crippen molar-refractivity contribution in [2.45, 2.75) is 39.0 Å². The van der Waals surface area contributed by atoms with Crippen LogP contribution >= 0.6 is 27.5 Å². The van der Waals surface area contributed by atoms with E-state index in [0.29, 0.717) is 24.2 Å². The predicted molar refractivity (Wildman–Crippen MR) is 118 cm³/mol. The van der Waals surface area contributed by atoms with Crippen LogP contribution in [0.3, 0.4) is 0 Å². The predicted octanol–water partition coefficient (Wildman–Crippen LogP) is 5.26. The third kappa shape index (κ3) is 5.20. The maximum absolute atomic E-state index is 6.28. The first-order chi connectivity index (χ1) is 13.6. The number of hydrogen-bond acceptors (Lipinski definition) is 4. The molecule has 1 saturated heterocycles. The van der Waals surface area contributed by atoms with Gasteiger partial charge in [-0.05, 0) is 44.1 Å². The van der Waals surface area contributed by atoms with Gasteiger partial charge in [-0.2, -0.15) is 0 Å². The molecule has 0 bridgehead atoms. The van der Waals surface area contributed by atoms with Crippen LogP contribution in [0.1, 0.15) is 30.9 Å². The normalized spacial score (nSPS) is 17.1. The first-order valence-corrected chi connectivity index (χ1v) is 11.0. The Morgan fingerprint density at radius 1 is 1.25 bits per heavy atom. The van der Waals surface area contributed by atoms with Gasteiger partial charge in [0, 0.05) is 39.8 Å². The van der Waals surface area contributed by atoms with E-state index in [1.54, 1.807) is 7.11 Å². The lowest BCUT2D eigenvalue weighted by atomic mass is 10.1. The van der Waals surface area contributed by atoms with Crippen molar-refractivity contribution in [3.8, 4) is 11.5 Å². The van der Waals surface area contributed by atoms with Gasteiger partial charge in [0.15, 0.2) is 11.5 Å². The fraction of sp³-hybridized carbons (Fsp3) is 0.455. The van der Waals surface area contributed by atoms with E-state index >= 15 is 0 Å². The zero-order chi connectivity index (χ0) is 19.9. The lowest BCUT2D eigenvalue weighted by Crippen LogP contribution is -2.37. The van der Waals surface area contributed by atoms with Crippen molar-refractivity contribution < 1.29 is 9.47 Å². The van der Waals surface area contributed by atoms with Crippen LogP contribution in [0.4, 0.5) is 0 Å². The second-order valence-corrected chi connectivity index (χ2v) is 8.25. The molecule has 0 saturated carbocycles. The van der Waals surface area contributed by atoms with Gasteiger partial charge in [0.1, 0.15) is 6.61 Å². The van der Waals surface area contributed by atoms with Gasteiger partial charge in [0.25, 0.3) is 0 Å². The molecular formula is C22H28BrClN2O2. The van der Waals surface area contributed by atoms with E-state index in [9.17, 15) is 0 Å². The summed E-state index contributed by atoms with van der Waals surface area (Å²) in [6.07, 6.45) is 2.55. The smallest absolute Gasteiger partial charge is 0.167 e. The maximum Gasteiger partial charge on any atom is 0.167 e. The van der Waals surface area contributed by atoms with Gasteiger partial charge in [0.05, 0.1) is 7.11 Å². The second-order valence-electron chi connectivity index (χ2n) is 6.99. The number of nitrogens with one attached hydrogen (secondary N) is 1. The summed E-state index contributed by atoms with van der Waals surface area (Å²) in [5.74, 6) is 1.48. The number of rotatable bonds is 9. The number of likely N-dealkylation sites (tertiary alicyclic amines) is 1. The van der Waals surface area contributed by atoms with Crippen molar-refractivity contribution in [1.29, 1.82) is 0 Å². The van der Waals surface area contributed by atoms with Crippen LogP contribution in [0.2, 0.25) is 5.02 Å². The van der Waals surface area contributed by atoms with Gasteiger partial charge in [-0.25, -0.2) is 0 Å². The van der Waals surface area contributed by atoms with Crippen LogP contribution in [-0.4, -0.2) is 37.7 Å². The van der Waals surface area contributed by atoms with E-state index in [1.807, 2.05) is 36.4 Å². The molecule has 1 unspecified atom stereocenters. The zero-order valence-electron chi connectivity index (χ0n) is 16.5. The number of likely N-dealkylation sites (N-methyl/N-ethyl adjacent to an activating group) is 1. The summed E-state index contributed by atoms with van der Waals surface area (Å²) in [6.45, 7) is 6.63. The molecule has 1 fully saturated rings. The molecule has 1 heterocycles. The van der Waals surface area contributed by atoms with Gasteiger partial charge in [-0.3, -0.25) is 4.90 Å². The number of benzene rings is 2. The van der Waals surface area contributed by atoms with Crippen LogP contribution < -0.4 is 14.8 Å². The molecule has 2 aromatic carbocycles. The number of methoxy groups -OCH3 is 1. The van der Waals surface area contributed by atoms with Crippen molar-refractivity contribution >= 4 is 27.5 Å². The Bertz CT molecular complexity index is 787. The SMILES string of the molecule is CCN1CCCC1CNCc1c(Br)ccc(OC)c1OCc1ccccc1Cl. The average Bonchev–Trinajstić information content (AvgIpc) is 3.16. The molecule has 4 nitrogen and oxygen atoms in total. The van der Waals surface area contributed by atoms with Crippen LogP contribution in [0.15, 0.2) is 40.9 Å². The molecule has 6 heteroatoms. The Kier molecular flexibility index (Phi) is 8.03. The minimum absolute atomic E-state index is 0.395. The van der Waals surface area contributed by atoms with Gasteiger partial charge >= 0.3 is 0 Å². The van der Waals surface area contributed by atoms with Crippen molar-refractivity contribution in [3.63, 3.8) is 0 Å². The molecule has 0 amide bonds. The van der Waals surface area contributed by atoms with E-state index in [2.05, 4.69) is 33.1 Å². The maximum atomic E-state index is 6.28. The molecule has 28 heavy (non-hydrogen) atoms. The summed E-state index contributed by atoms with van der Waals surface area (Å²) in [5, 5.41) is 4.32. The van der Waals surface area contributed by atoms with Crippen molar-refractivity contribution in [2.24, 2.45) is 0 Å². The highest BCUT2D eigenvalue weighted by atomic mass is 79.9. The Hall–Kier alpha value is -1.27. The topological polar surface area (TPSA) is 33.7 Å². The molecule has 3 rings (SSSR count). The van der Waals surface area contributed by atoms with Gasteiger partial charge in [-0.1, -0.05) is 52.7 Å². The quantitative estimate of drug-likeness (QED) is 0.545. The van der Waals surface area contributed by atoms with E-state index < -0.39 is 0 Å². The highest BCUT2D eigenvalue weighted by molar-refractivity contribution is 9.10. The second kappa shape index (κ2) is 10.5. The molecular weight excluding hydrogens is 440 g/mol. The highest BCUT2D eigenvalue weighted by Gasteiger charge is 2.23. The van der Waals surface area contributed by atoms with E-state index in [4.69, 9.17) is 21.1 Å². The van der Waals surface area contributed by atoms with E-state index in [-0.39, 0.29) is 0 Å². The number of ether oxygens (including phenoxy) is 2. The lowest BCUT2D eigenvalue weighted by Gasteiger charge is -2.23. The highest BCUT2D eigenvalue weighted by Crippen LogP contribution is 2.37. The van der Waals surface area contributed by atoms with Gasteiger partial charge in [0.2, 0.25) is 0 Å². The fourth-order valence-corrected chi connectivity index (χ4v) is 4.38. The molecule has 0 aliphatic carbocycles. The molecule has 1 atom stereocenters. The summed E-state index contributed by atoms with van der Waals surface area (Å²) in [7, 11) is 1.67. The first kappa shape index (κ1) is 21.4. The Morgan fingerprint density at radius 2 is 2.07 bits per heavy atom. The van der Waals surface area contributed by atoms with E-state index in [0.717, 1.165) is 40.2 Å². The molecule has 1 aliphatic rings. The first-order valence-electron chi connectivity index (χ1n) is 9.80. The van der Waals surface area contributed by atoms with Crippen LogP contribution in [-0.2, 0) is 13.2 Å². The van der Waals surface area contributed by atoms with Crippen LogP contribution in [0.25, 0.3) is 0 Å². The molecule has 0 spiro atoms. The summed E-state index contributed by atoms with van der Waals surface area (Å²) in [4.78, 5) is 2.54. The Labute approximate surface area is 181 Å². The summed E-state index contributed by atoms with van der Waals surface area (Å²) in [6, 6.07) is 12.3. The third-order valence-corrected chi connectivity index (χ3v) is 6.42. The number of halogens is 2. The number of hydrogen-bond donors (Lipinski definition) is 1. The fourth-order valence-electron chi connectivity index (χ4n) is 3.74. The van der Waals surface area contributed by atoms with Crippen LogP contribution in [0, 0.1) is 0 Å². The minimum atomic E-state index is 0.395. The minimum Gasteiger partial charge on any atom is -0.493 e. The van der Waals surface area contributed by atoms with Crippen molar-refractivity contribution in [3.05, 3.63) is 57.0 Å². The average molecular weight is 468 g/mol. The van der Waals surface area contributed by atoms with Crippen molar-refractivity contribution in [1.82, 2.24) is 10.2 Å². The molecule has 0 aromatic heterocycles. The Balaban J connectivity index is 1.71. The largest absolute Gasteiger partial charge is 0.493 e. The van der Waals surface area contributed by atoms with Crippen molar-refractivity contribution in [2.75, 3.05) is 26.7 Å². The summed E-state index contributed by atoms with van der Waals surface area (Å²) in [5.41, 5.74) is 2.02. The van der Waals surface area contributed by atoms with Gasteiger partial charge < -0.3 is 14.8 Å². The van der Waals surface area contributed by atoms with Crippen LogP contribution in [0.5, 0.6) is 11.5 Å². The Morgan fingerprint density at radius 3 is 2.82 bits per heavy atom. The third-order valence-electron chi connectivity index (χ3n) is 5.30. The molecule has 152 valence electrons. The molecule has 0 radical (unpaired) electrons. The van der Waals surface area contributed by atoms with Gasteiger partial charge in [-0.15, -0.1) is 0 Å². The monoisotopic (exact) mass is 466 g/mol. The molecule has 1 N–H and O–H groups in total. The number of nitrogens with zero attached hydrogens (tertiary/aromatic N) is 1. The molecule has 2 aromatic rings.